The molecule has 6 heteroatoms. The van der Waals surface area contributed by atoms with Gasteiger partial charge in [-0.2, -0.15) is 15.0 Å². The number of hydrogen-bond donors (Lipinski definition) is 1. The molecule has 0 spiro atoms. The molecule has 0 bridgehead atoms. The van der Waals surface area contributed by atoms with Crippen LogP contribution in [-0.4, -0.2) is 35.6 Å². The topological polar surface area (TPSA) is 53.9 Å². The Balaban J connectivity index is 2.90. The van der Waals surface area contributed by atoms with Crippen LogP contribution >= 0.6 is 11.6 Å². The number of rotatable bonds is 3. The largest absolute Gasteiger partial charge is 0.347 e. The number of terminal acetylenes is 1. The molecule has 14 heavy (non-hydrogen) atoms. The fourth-order valence-corrected chi connectivity index (χ4v) is 0.904. The molecule has 1 aromatic rings. The molecular weight excluding hydrogens is 202 g/mol. The van der Waals surface area contributed by atoms with E-state index in [-0.39, 0.29) is 5.28 Å². The molecule has 74 valence electrons. The van der Waals surface area contributed by atoms with Crippen LogP contribution in [0.4, 0.5) is 11.9 Å². The van der Waals surface area contributed by atoms with E-state index in [0.29, 0.717) is 18.4 Å². The first-order valence-corrected chi connectivity index (χ1v) is 4.27. The molecule has 0 aliphatic heterocycles. The lowest BCUT2D eigenvalue weighted by molar-refractivity contribution is 0.954. The number of hydrogen-bond acceptors (Lipinski definition) is 5. The van der Waals surface area contributed by atoms with Crippen molar-refractivity contribution in [2.75, 3.05) is 30.9 Å². The van der Waals surface area contributed by atoms with Crippen LogP contribution in [0, 0.1) is 12.3 Å². The summed E-state index contributed by atoms with van der Waals surface area (Å²) >= 11 is 5.69. The maximum absolute atomic E-state index is 5.69. The highest BCUT2D eigenvalue weighted by Gasteiger charge is 2.05. The average Bonchev–Trinajstić information content (AvgIpc) is 2.14. The Morgan fingerprint density at radius 3 is 2.71 bits per heavy atom. The van der Waals surface area contributed by atoms with Crippen molar-refractivity contribution in [2.45, 2.75) is 0 Å². The number of anilines is 2. The van der Waals surface area contributed by atoms with Crippen molar-refractivity contribution in [1.82, 2.24) is 15.0 Å². The molecule has 0 aliphatic carbocycles. The summed E-state index contributed by atoms with van der Waals surface area (Å²) in [6, 6.07) is 0. The monoisotopic (exact) mass is 211 g/mol. The molecule has 1 aromatic heterocycles. The van der Waals surface area contributed by atoms with Gasteiger partial charge in [-0.3, -0.25) is 0 Å². The van der Waals surface area contributed by atoms with Gasteiger partial charge >= 0.3 is 0 Å². The summed E-state index contributed by atoms with van der Waals surface area (Å²) < 4.78 is 0. The molecule has 1 N–H and O–H groups in total. The first-order chi connectivity index (χ1) is 6.63. The van der Waals surface area contributed by atoms with E-state index in [2.05, 4.69) is 26.2 Å². The molecule has 0 aromatic carbocycles. The van der Waals surface area contributed by atoms with Gasteiger partial charge in [0.2, 0.25) is 17.2 Å². The van der Waals surface area contributed by atoms with Gasteiger partial charge in [0.25, 0.3) is 0 Å². The molecular formula is C8H10ClN5. The van der Waals surface area contributed by atoms with Crippen LogP contribution in [0.15, 0.2) is 0 Å². The normalized spacial score (nSPS) is 9.29. The second-order valence-corrected chi connectivity index (χ2v) is 3.02. The summed E-state index contributed by atoms with van der Waals surface area (Å²) in [6.07, 6.45) is 5.09. The minimum atomic E-state index is 0.142. The lowest BCUT2D eigenvalue weighted by Crippen LogP contribution is -2.15. The fraction of sp³-hybridized carbons (Fsp3) is 0.375. The molecule has 0 fully saturated rings. The van der Waals surface area contributed by atoms with E-state index in [0.717, 1.165) is 0 Å². The molecule has 5 nitrogen and oxygen atoms in total. The summed E-state index contributed by atoms with van der Waals surface area (Å²) in [6.45, 7) is 0.354. The Morgan fingerprint density at radius 1 is 1.43 bits per heavy atom. The van der Waals surface area contributed by atoms with E-state index in [1.807, 2.05) is 14.1 Å². The van der Waals surface area contributed by atoms with Gasteiger partial charge in [-0.1, -0.05) is 5.92 Å². The first-order valence-electron chi connectivity index (χ1n) is 3.89. The molecule has 0 atom stereocenters. The van der Waals surface area contributed by atoms with Crippen molar-refractivity contribution in [2.24, 2.45) is 0 Å². The van der Waals surface area contributed by atoms with E-state index < -0.39 is 0 Å². The zero-order valence-corrected chi connectivity index (χ0v) is 8.71. The van der Waals surface area contributed by atoms with Crippen molar-refractivity contribution in [1.29, 1.82) is 0 Å². The molecule has 0 amide bonds. The zero-order valence-electron chi connectivity index (χ0n) is 7.95. The lowest BCUT2D eigenvalue weighted by Gasteiger charge is -2.10. The molecule has 0 saturated heterocycles. The summed E-state index contributed by atoms with van der Waals surface area (Å²) in [5, 5.41) is 2.96. The predicted octanol–water partition coefficient (Wildman–Crippen LogP) is 0.636. The van der Waals surface area contributed by atoms with Gasteiger partial charge in [0.15, 0.2) is 0 Å². The van der Waals surface area contributed by atoms with Crippen molar-refractivity contribution in [3.63, 3.8) is 0 Å². The Hall–Kier alpha value is -1.54. The van der Waals surface area contributed by atoms with E-state index >= 15 is 0 Å². The number of halogens is 1. The molecule has 0 saturated carbocycles. The van der Waals surface area contributed by atoms with Gasteiger partial charge in [0, 0.05) is 14.1 Å². The molecule has 0 radical (unpaired) electrons. The van der Waals surface area contributed by atoms with Crippen LogP contribution in [-0.2, 0) is 0 Å². The quantitative estimate of drug-likeness (QED) is 0.744. The third-order valence-corrected chi connectivity index (χ3v) is 1.51. The van der Waals surface area contributed by atoms with Gasteiger partial charge < -0.3 is 10.2 Å². The summed E-state index contributed by atoms with van der Waals surface area (Å²) in [5.41, 5.74) is 0. The average molecular weight is 212 g/mol. The maximum atomic E-state index is 5.69. The van der Waals surface area contributed by atoms with Crippen LogP contribution in [0.3, 0.4) is 0 Å². The summed E-state index contributed by atoms with van der Waals surface area (Å²) in [5.74, 6) is 3.29. The van der Waals surface area contributed by atoms with Crippen LogP contribution in [0.1, 0.15) is 0 Å². The standard InChI is InChI=1S/C8H10ClN5/c1-4-5-10-7-11-6(9)12-8(13-7)14(2)3/h1H,5H2,2-3H3,(H,10,11,12,13). The minimum Gasteiger partial charge on any atom is -0.347 e. The molecule has 0 unspecified atom stereocenters. The maximum Gasteiger partial charge on any atom is 0.230 e. The Bertz CT molecular complexity index is 357. The van der Waals surface area contributed by atoms with Crippen molar-refractivity contribution < 1.29 is 0 Å². The van der Waals surface area contributed by atoms with Gasteiger partial charge in [0.1, 0.15) is 0 Å². The lowest BCUT2D eigenvalue weighted by atomic mass is 10.6. The highest BCUT2D eigenvalue weighted by molar-refractivity contribution is 6.28. The SMILES string of the molecule is C#CCNc1nc(Cl)nc(N(C)C)n1. The van der Waals surface area contributed by atoms with Crippen molar-refractivity contribution in [3.05, 3.63) is 5.28 Å². The van der Waals surface area contributed by atoms with Gasteiger partial charge in [-0.15, -0.1) is 6.42 Å². The first kappa shape index (κ1) is 10.5. The molecule has 1 heterocycles. The Kier molecular flexibility index (Phi) is 3.48. The Morgan fingerprint density at radius 2 is 2.14 bits per heavy atom. The van der Waals surface area contributed by atoms with E-state index in [1.54, 1.807) is 4.90 Å². The van der Waals surface area contributed by atoms with E-state index in [9.17, 15) is 0 Å². The van der Waals surface area contributed by atoms with Crippen molar-refractivity contribution in [3.8, 4) is 12.3 Å². The zero-order chi connectivity index (χ0) is 10.6. The third-order valence-electron chi connectivity index (χ3n) is 1.34. The highest BCUT2D eigenvalue weighted by Crippen LogP contribution is 2.10. The van der Waals surface area contributed by atoms with Crippen LogP contribution in [0.5, 0.6) is 0 Å². The van der Waals surface area contributed by atoms with E-state index in [1.165, 1.54) is 0 Å². The predicted molar refractivity (Wildman–Crippen MR) is 56.5 cm³/mol. The third kappa shape index (κ3) is 2.75. The van der Waals surface area contributed by atoms with Crippen molar-refractivity contribution >= 4 is 23.5 Å². The van der Waals surface area contributed by atoms with Gasteiger partial charge in [0.05, 0.1) is 6.54 Å². The van der Waals surface area contributed by atoms with Crippen LogP contribution < -0.4 is 10.2 Å². The summed E-state index contributed by atoms with van der Waals surface area (Å²) in [4.78, 5) is 13.6. The van der Waals surface area contributed by atoms with Gasteiger partial charge in [-0.25, -0.2) is 0 Å². The molecule has 0 aliphatic rings. The smallest absolute Gasteiger partial charge is 0.230 e. The fourth-order valence-electron chi connectivity index (χ4n) is 0.749. The van der Waals surface area contributed by atoms with E-state index in [4.69, 9.17) is 18.0 Å². The number of nitrogens with zero attached hydrogens (tertiary/aromatic N) is 4. The minimum absolute atomic E-state index is 0.142. The highest BCUT2D eigenvalue weighted by atomic mass is 35.5. The van der Waals surface area contributed by atoms with Crippen LogP contribution in [0.2, 0.25) is 5.28 Å². The number of nitrogens with one attached hydrogen (secondary N) is 1. The Labute approximate surface area is 87.5 Å². The summed E-state index contributed by atoms with van der Waals surface area (Å²) in [7, 11) is 3.63. The van der Waals surface area contributed by atoms with Gasteiger partial charge in [-0.05, 0) is 11.6 Å². The van der Waals surface area contributed by atoms with Crippen LogP contribution in [0.25, 0.3) is 0 Å². The molecule has 1 rings (SSSR count). The second-order valence-electron chi connectivity index (χ2n) is 2.68. The number of aromatic nitrogens is 3. The second kappa shape index (κ2) is 4.63.